The highest BCUT2D eigenvalue weighted by Crippen LogP contribution is 2.46. The first-order valence-electron chi connectivity index (χ1n) is 8.98. The maximum atomic E-state index is 13.9. The number of oxime groups is 1. The molecule has 0 aliphatic heterocycles. The summed E-state index contributed by atoms with van der Waals surface area (Å²) in [7, 11) is 1.25. The van der Waals surface area contributed by atoms with E-state index in [0.29, 0.717) is 17.8 Å². The van der Waals surface area contributed by atoms with Crippen LogP contribution in [0.15, 0.2) is 59.3 Å². The van der Waals surface area contributed by atoms with Gasteiger partial charge in [0.05, 0.1) is 24.1 Å². The second-order valence-corrected chi connectivity index (χ2v) is 6.83. The van der Waals surface area contributed by atoms with Gasteiger partial charge in [0.15, 0.2) is 0 Å². The van der Waals surface area contributed by atoms with Gasteiger partial charge in [-0.1, -0.05) is 41.6 Å². The SMILES string of the molecule is CON=CCNC(=O)C1(C)C=C(C(F)(F)C(F)(F)F)C=CC1C(=O)Nc1ccccc1. The van der Waals surface area contributed by atoms with Gasteiger partial charge in [0, 0.05) is 11.3 Å². The molecule has 11 heteroatoms. The van der Waals surface area contributed by atoms with Crippen LogP contribution in [0.5, 0.6) is 0 Å². The number of nitrogens with one attached hydrogen (secondary N) is 2. The highest BCUT2D eigenvalue weighted by molar-refractivity contribution is 6.00. The molecular weight excluding hydrogens is 425 g/mol. The average molecular weight is 445 g/mol. The van der Waals surface area contributed by atoms with E-state index in [1.165, 1.54) is 7.11 Å². The molecule has 1 aromatic carbocycles. The Hall–Kier alpha value is -3.24. The van der Waals surface area contributed by atoms with Gasteiger partial charge in [-0.2, -0.15) is 22.0 Å². The fourth-order valence-corrected chi connectivity index (χ4v) is 2.97. The Morgan fingerprint density at radius 2 is 1.84 bits per heavy atom. The number of alkyl halides is 5. The number of rotatable bonds is 7. The lowest BCUT2D eigenvalue weighted by atomic mass is 9.70. The van der Waals surface area contributed by atoms with Crippen LogP contribution in [0.4, 0.5) is 27.6 Å². The van der Waals surface area contributed by atoms with Crippen LogP contribution in [0.2, 0.25) is 0 Å². The van der Waals surface area contributed by atoms with Gasteiger partial charge in [-0.15, -0.1) is 0 Å². The van der Waals surface area contributed by atoms with Crippen molar-refractivity contribution in [2.45, 2.75) is 19.0 Å². The molecule has 0 aromatic heterocycles. The van der Waals surface area contributed by atoms with Crippen LogP contribution >= 0.6 is 0 Å². The lowest BCUT2D eigenvalue weighted by Crippen LogP contribution is -2.49. The number of hydrogen-bond donors (Lipinski definition) is 2. The molecule has 0 fully saturated rings. The molecule has 0 heterocycles. The smallest absolute Gasteiger partial charge is 0.399 e. The summed E-state index contributed by atoms with van der Waals surface area (Å²) >= 11 is 0. The number of para-hydroxylation sites is 1. The lowest BCUT2D eigenvalue weighted by Gasteiger charge is -2.36. The summed E-state index contributed by atoms with van der Waals surface area (Å²) in [5.74, 6) is -8.26. The zero-order valence-electron chi connectivity index (χ0n) is 16.5. The first-order valence-corrected chi connectivity index (χ1v) is 8.98. The minimum absolute atomic E-state index is 0.197. The Morgan fingerprint density at radius 1 is 1.19 bits per heavy atom. The molecule has 2 atom stereocenters. The number of halogens is 5. The summed E-state index contributed by atoms with van der Waals surface area (Å²) in [5, 5.41) is 8.25. The third-order valence-corrected chi connectivity index (χ3v) is 4.64. The van der Waals surface area contributed by atoms with Gasteiger partial charge in [0.25, 0.3) is 0 Å². The maximum absolute atomic E-state index is 13.9. The van der Waals surface area contributed by atoms with E-state index in [-0.39, 0.29) is 6.54 Å². The molecule has 0 radical (unpaired) electrons. The summed E-state index contributed by atoms with van der Waals surface area (Å²) in [4.78, 5) is 30.0. The number of anilines is 1. The predicted octanol–water partition coefficient (Wildman–Crippen LogP) is 3.69. The Balaban J connectivity index is 2.40. The van der Waals surface area contributed by atoms with E-state index < -0.39 is 40.8 Å². The Kier molecular flexibility index (Phi) is 7.19. The van der Waals surface area contributed by atoms with Gasteiger partial charge < -0.3 is 15.5 Å². The van der Waals surface area contributed by atoms with Gasteiger partial charge in [-0.05, 0) is 19.1 Å². The molecule has 6 nitrogen and oxygen atoms in total. The number of benzene rings is 1. The minimum atomic E-state index is -5.87. The zero-order chi connectivity index (χ0) is 23.3. The largest absolute Gasteiger partial charge is 0.458 e. The monoisotopic (exact) mass is 445 g/mol. The van der Waals surface area contributed by atoms with E-state index in [1.54, 1.807) is 30.3 Å². The average Bonchev–Trinajstić information content (AvgIpc) is 2.70. The fraction of sp³-hybridized carbons (Fsp3) is 0.350. The third kappa shape index (κ3) is 5.28. The van der Waals surface area contributed by atoms with Crippen molar-refractivity contribution in [3.05, 3.63) is 54.1 Å². The zero-order valence-corrected chi connectivity index (χ0v) is 16.5. The molecular formula is C20H20F5N3O3. The van der Waals surface area contributed by atoms with Crippen LogP contribution in [-0.4, -0.2) is 43.8 Å². The van der Waals surface area contributed by atoms with Crippen molar-refractivity contribution >= 4 is 23.7 Å². The molecule has 2 rings (SSSR count). The van der Waals surface area contributed by atoms with E-state index in [4.69, 9.17) is 0 Å². The second kappa shape index (κ2) is 9.27. The predicted molar refractivity (Wildman–Crippen MR) is 103 cm³/mol. The van der Waals surface area contributed by atoms with Crippen LogP contribution in [0, 0.1) is 11.3 Å². The van der Waals surface area contributed by atoms with Gasteiger partial charge in [-0.3, -0.25) is 9.59 Å². The third-order valence-electron chi connectivity index (χ3n) is 4.64. The molecule has 2 unspecified atom stereocenters. The number of hydrogen-bond acceptors (Lipinski definition) is 4. The molecule has 0 saturated heterocycles. The van der Waals surface area contributed by atoms with E-state index in [9.17, 15) is 31.5 Å². The topological polar surface area (TPSA) is 79.8 Å². The minimum Gasteiger partial charge on any atom is -0.399 e. The number of nitrogens with zero attached hydrogens (tertiary/aromatic N) is 1. The van der Waals surface area contributed by atoms with Crippen molar-refractivity contribution in [3.8, 4) is 0 Å². The highest BCUT2D eigenvalue weighted by Gasteiger charge is 2.61. The summed E-state index contributed by atoms with van der Waals surface area (Å²) in [6.45, 7) is 0.916. The Morgan fingerprint density at radius 3 is 2.42 bits per heavy atom. The van der Waals surface area contributed by atoms with Crippen molar-refractivity contribution < 1.29 is 36.4 Å². The highest BCUT2D eigenvalue weighted by atomic mass is 19.4. The number of carbonyl (C=O) groups is 2. The molecule has 1 aromatic rings. The van der Waals surface area contributed by atoms with E-state index in [1.807, 2.05) is 0 Å². The van der Waals surface area contributed by atoms with Crippen LogP contribution in [0.25, 0.3) is 0 Å². The van der Waals surface area contributed by atoms with E-state index in [0.717, 1.165) is 19.2 Å². The van der Waals surface area contributed by atoms with Crippen molar-refractivity contribution in [3.63, 3.8) is 0 Å². The van der Waals surface area contributed by atoms with E-state index >= 15 is 0 Å². The van der Waals surface area contributed by atoms with Gasteiger partial charge in [0.2, 0.25) is 11.8 Å². The molecule has 2 amide bonds. The normalized spacial score (nSPS) is 21.5. The van der Waals surface area contributed by atoms with Crippen molar-refractivity contribution in [2.24, 2.45) is 16.5 Å². The Bertz CT molecular complexity index is 897. The molecule has 0 spiro atoms. The maximum Gasteiger partial charge on any atom is 0.458 e. The van der Waals surface area contributed by atoms with Gasteiger partial charge in [0.1, 0.15) is 7.11 Å². The number of amides is 2. The van der Waals surface area contributed by atoms with Gasteiger partial charge in [-0.25, -0.2) is 0 Å². The molecule has 0 saturated carbocycles. The summed E-state index contributed by atoms with van der Waals surface area (Å²) < 4.78 is 66.5. The first kappa shape index (κ1) is 24.0. The molecule has 1 aliphatic rings. The summed E-state index contributed by atoms with van der Waals surface area (Å²) in [5.41, 5.74) is -3.10. The first-order chi connectivity index (χ1) is 14.4. The fourth-order valence-electron chi connectivity index (χ4n) is 2.97. The summed E-state index contributed by atoms with van der Waals surface area (Å²) in [6, 6.07) is 8.08. The van der Waals surface area contributed by atoms with Crippen LogP contribution in [0.3, 0.4) is 0 Å². The number of allylic oxidation sites excluding steroid dienone is 2. The van der Waals surface area contributed by atoms with Crippen LogP contribution < -0.4 is 10.6 Å². The molecule has 2 N–H and O–H groups in total. The molecule has 31 heavy (non-hydrogen) atoms. The van der Waals surface area contributed by atoms with Crippen molar-refractivity contribution in [2.75, 3.05) is 19.0 Å². The van der Waals surface area contributed by atoms with Crippen LogP contribution in [-0.2, 0) is 14.4 Å². The summed E-state index contributed by atoms with van der Waals surface area (Å²) in [6.07, 6.45) is -2.85. The number of carbonyl (C=O) groups excluding carboxylic acids is 2. The molecule has 1 aliphatic carbocycles. The molecule has 0 bridgehead atoms. The van der Waals surface area contributed by atoms with Crippen LogP contribution in [0.1, 0.15) is 6.92 Å². The van der Waals surface area contributed by atoms with E-state index in [2.05, 4.69) is 20.6 Å². The standard InChI is InChI=1S/C20H20F5N3O3/c1-18(17(30)26-10-11-27-31-2)12-13(19(21,22)20(23,24)25)8-9-15(18)16(29)28-14-6-4-3-5-7-14/h3-9,11-12,15H,10H2,1-2H3,(H,26,30)(H,28,29). The Labute approximate surface area is 174 Å². The van der Waals surface area contributed by atoms with Crippen molar-refractivity contribution in [1.29, 1.82) is 0 Å². The second-order valence-electron chi connectivity index (χ2n) is 6.83. The quantitative estimate of drug-likeness (QED) is 0.382. The van der Waals surface area contributed by atoms with Crippen molar-refractivity contribution in [1.82, 2.24) is 5.32 Å². The lowest BCUT2D eigenvalue weighted by molar-refractivity contribution is -0.263. The van der Waals surface area contributed by atoms with Gasteiger partial charge >= 0.3 is 12.1 Å². The molecule has 168 valence electrons.